The van der Waals surface area contributed by atoms with Crippen molar-refractivity contribution in [1.29, 1.82) is 0 Å². The standard InChI is InChI=1S/C63H58N4/c1-4-42-64(53-28-22-50(23-29-53)47-16-10-7-11-17-47)56-34-36-57(37-35-56)67-62-40-38-58(65(43-5-2)54-30-24-51(25-31-54)48-18-12-8-13-19-48)45-60(62)61-46-59(39-41-63(61)67)66(44-6-3)55-32-26-52(27-33-55)49-20-14-9-15-21-49/h7-41,45-46H,4-6,42-44H2,1-3H3. The number of benzene rings is 9. The molecule has 10 rings (SSSR count). The lowest BCUT2D eigenvalue weighted by Crippen LogP contribution is -2.17. The molecule has 0 spiro atoms. The number of nitrogens with zero attached hydrogens (tertiary/aromatic N) is 4. The van der Waals surface area contributed by atoms with Crippen molar-refractivity contribution in [3.8, 4) is 39.1 Å². The molecule has 0 aliphatic rings. The van der Waals surface area contributed by atoms with Crippen LogP contribution >= 0.6 is 0 Å². The molecule has 0 atom stereocenters. The lowest BCUT2D eigenvalue weighted by molar-refractivity contribution is 0.885. The molecule has 0 aliphatic carbocycles. The first-order valence-electron chi connectivity index (χ1n) is 24.1. The molecule has 330 valence electrons. The third kappa shape index (κ3) is 8.96. The smallest absolute Gasteiger partial charge is 0.0542 e. The van der Waals surface area contributed by atoms with E-state index >= 15 is 0 Å². The molecule has 9 aromatic carbocycles. The van der Waals surface area contributed by atoms with Crippen LogP contribution in [-0.4, -0.2) is 24.2 Å². The van der Waals surface area contributed by atoms with Crippen LogP contribution in [0, 0.1) is 0 Å². The molecular weight excluding hydrogens is 813 g/mol. The van der Waals surface area contributed by atoms with Crippen molar-refractivity contribution in [2.75, 3.05) is 34.3 Å². The Labute approximate surface area is 396 Å². The highest BCUT2D eigenvalue weighted by Crippen LogP contribution is 2.40. The summed E-state index contributed by atoms with van der Waals surface area (Å²) in [6, 6.07) is 82.3. The molecule has 0 aliphatic heterocycles. The summed E-state index contributed by atoms with van der Waals surface area (Å²) in [7, 11) is 0. The summed E-state index contributed by atoms with van der Waals surface area (Å²) in [5, 5.41) is 2.48. The van der Waals surface area contributed by atoms with Gasteiger partial charge in [-0.25, -0.2) is 0 Å². The number of rotatable bonds is 16. The van der Waals surface area contributed by atoms with Gasteiger partial charge in [0, 0.05) is 70.2 Å². The maximum atomic E-state index is 2.47. The highest BCUT2D eigenvalue weighted by Gasteiger charge is 2.19. The zero-order chi connectivity index (χ0) is 45.5. The van der Waals surface area contributed by atoms with Crippen molar-refractivity contribution in [2.45, 2.75) is 40.0 Å². The summed E-state index contributed by atoms with van der Waals surface area (Å²) in [6.45, 7) is 9.53. The number of anilines is 6. The molecule has 1 heterocycles. The van der Waals surface area contributed by atoms with Crippen molar-refractivity contribution < 1.29 is 0 Å². The van der Waals surface area contributed by atoms with Gasteiger partial charge in [-0.2, -0.15) is 0 Å². The Bertz CT molecular complexity index is 3030. The van der Waals surface area contributed by atoms with Gasteiger partial charge in [-0.3, -0.25) is 0 Å². The van der Waals surface area contributed by atoms with Crippen molar-refractivity contribution in [3.05, 3.63) is 224 Å². The van der Waals surface area contributed by atoms with Gasteiger partial charge in [0.1, 0.15) is 0 Å². The van der Waals surface area contributed by atoms with E-state index in [1.165, 1.54) is 89.3 Å². The van der Waals surface area contributed by atoms with Crippen molar-refractivity contribution in [2.24, 2.45) is 0 Å². The monoisotopic (exact) mass is 870 g/mol. The Balaban J connectivity index is 1.06. The molecule has 0 unspecified atom stereocenters. The number of aromatic nitrogens is 1. The van der Waals surface area contributed by atoms with Crippen LogP contribution in [0.4, 0.5) is 34.1 Å². The van der Waals surface area contributed by atoms with E-state index in [2.05, 4.69) is 264 Å². The Hall–Kier alpha value is -7.82. The highest BCUT2D eigenvalue weighted by atomic mass is 15.1. The van der Waals surface area contributed by atoms with Gasteiger partial charge in [-0.15, -0.1) is 0 Å². The van der Waals surface area contributed by atoms with Crippen molar-refractivity contribution in [1.82, 2.24) is 4.57 Å². The average Bonchev–Trinajstić information content (AvgIpc) is 3.73. The second-order valence-electron chi connectivity index (χ2n) is 17.4. The first-order valence-corrected chi connectivity index (χ1v) is 24.1. The van der Waals surface area contributed by atoms with E-state index in [4.69, 9.17) is 0 Å². The summed E-state index contributed by atoms with van der Waals surface area (Å²) in [6.07, 6.45) is 3.09. The molecule has 0 bridgehead atoms. The van der Waals surface area contributed by atoms with Crippen LogP contribution in [0.2, 0.25) is 0 Å². The zero-order valence-corrected chi connectivity index (χ0v) is 38.9. The molecule has 0 fully saturated rings. The van der Waals surface area contributed by atoms with Crippen molar-refractivity contribution >= 4 is 55.9 Å². The van der Waals surface area contributed by atoms with Gasteiger partial charge in [0.05, 0.1) is 11.0 Å². The highest BCUT2D eigenvalue weighted by molar-refractivity contribution is 6.11. The van der Waals surface area contributed by atoms with Crippen LogP contribution in [0.3, 0.4) is 0 Å². The first-order chi connectivity index (χ1) is 33.1. The van der Waals surface area contributed by atoms with Gasteiger partial charge in [-0.05, 0) is 150 Å². The van der Waals surface area contributed by atoms with Gasteiger partial charge in [0.15, 0.2) is 0 Å². The topological polar surface area (TPSA) is 14.7 Å². The third-order valence-corrected chi connectivity index (χ3v) is 13.0. The molecule has 1 aromatic heterocycles. The molecule has 0 radical (unpaired) electrons. The quantitative estimate of drug-likeness (QED) is 0.0961. The van der Waals surface area contributed by atoms with E-state index in [1.54, 1.807) is 0 Å². The minimum Gasteiger partial charge on any atom is -0.341 e. The number of hydrogen-bond acceptors (Lipinski definition) is 3. The van der Waals surface area contributed by atoms with Crippen LogP contribution in [0.1, 0.15) is 40.0 Å². The Kier molecular flexibility index (Phi) is 12.7. The normalized spacial score (nSPS) is 11.3. The minimum atomic E-state index is 0.911. The molecule has 0 saturated heterocycles. The van der Waals surface area contributed by atoms with Crippen LogP contribution in [0.15, 0.2) is 224 Å². The Morgan fingerprint density at radius 1 is 0.284 bits per heavy atom. The van der Waals surface area contributed by atoms with Gasteiger partial charge in [0.2, 0.25) is 0 Å². The average molecular weight is 871 g/mol. The summed E-state index contributed by atoms with van der Waals surface area (Å²) >= 11 is 0. The molecule has 4 nitrogen and oxygen atoms in total. The fourth-order valence-corrected chi connectivity index (χ4v) is 9.68. The van der Waals surface area contributed by atoms with E-state index < -0.39 is 0 Å². The molecule has 4 heteroatoms. The predicted molar refractivity (Wildman–Crippen MR) is 288 cm³/mol. The summed E-state index contributed by atoms with van der Waals surface area (Å²) in [5.41, 5.74) is 18.1. The lowest BCUT2D eigenvalue weighted by atomic mass is 10.0. The second-order valence-corrected chi connectivity index (χ2v) is 17.4. The molecule has 67 heavy (non-hydrogen) atoms. The van der Waals surface area contributed by atoms with Gasteiger partial charge < -0.3 is 19.3 Å². The number of hydrogen-bond donors (Lipinski definition) is 0. The Morgan fingerprint density at radius 3 is 0.866 bits per heavy atom. The zero-order valence-electron chi connectivity index (χ0n) is 38.9. The molecular formula is C63H58N4. The van der Waals surface area contributed by atoms with Gasteiger partial charge in [0.25, 0.3) is 0 Å². The second kappa shape index (κ2) is 19.7. The van der Waals surface area contributed by atoms with E-state index in [-0.39, 0.29) is 0 Å². The fourth-order valence-electron chi connectivity index (χ4n) is 9.68. The summed E-state index contributed by atoms with van der Waals surface area (Å²) < 4.78 is 2.46. The summed E-state index contributed by atoms with van der Waals surface area (Å²) in [4.78, 5) is 7.39. The third-order valence-electron chi connectivity index (χ3n) is 13.0. The van der Waals surface area contributed by atoms with Crippen LogP contribution in [0.5, 0.6) is 0 Å². The van der Waals surface area contributed by atoms with Crippen LogP contribution in [0.25, 0.3) is 60.9 Å². The first kappa shape index (κ1) is 43.1. The summed E-state index contributed by atoms with van der Waals surface area (Å²) in [5.74, 6) is 0. The molecule has 10 aromatic rings. The van der Waals surface area contributed by atoms with E-state index in [0.29, 0.717) is 0 Å². The molecule has 0 amide bonds. The molecule has 0 N–H and O–H groups in total. The van der Waals surface area contributed by atoms with E-state index in [0.717, 1.165) is 44.6 Å². The van der Waals surface area contributed by atoms with E-state index in [1.807, 2.05) is 0 Å². The van der Waals surface area contributed by atoms with Gasteiger partial charge in [-0.1, -0.05) is 148 Å². The Morgan fingerprint density at radius 2 is 0.552 bits per heavy atom. The maximum Gasteiger partial charge on any atom is 0.0542 e. The SMILES string of the molecule is CCCN(c1ccc(-c2ccccc2)cc1)c1ccc(-n2c3ccc(N(CCC)c4ccc(-c5ccccc5)cc4)cc3c3cc(N(CCC)c4ccc(-c5ccccc5)cc4)ccc32)cc1. The number of fused-ring (bicyclic) bond motifs is 3. The lowest BCUT2D eigenvalue weighted by Gasteiger charge is -2.25. The van der Waals surface area contributed by atoms with Gasteiger partial charge >= 0.3 is 0 Å². The predicted octanol–water partition coefficient (Wildman–Crippen LogP) is 17.4. The maximum absolute atomic E-state index is 2.47. The fraction of sp³-hybridized carbons (Fsp3) is 0.143. The van der Waals surface area contributed by atoms with Crippen molar-refractivity contribution in [3.63, 3.8) is 0 Å². The molecule has 0 saturated carbocycles. The van der Waals surface area contributed by atoms with Crippen LogP contribution < -0.4 is 14.7 Å². The van der Waals surface area contributed by atoms with Crippen LogP contribution in [-0.2, 0) is 0 Å². The van der Waals surface area contributed by atoms with E-state index in [9.17, 15) is 0 Å². The largest absolute Gasteiger partial charge is 0.341 e. The minimum absolute atomic E-state index is 0.911.